The molecule has 1 saturated heterocycles. The molecule has 1 aromatic carbocycles. The number of nitrogens with one attached hydrogen (secondary N) is 1. The number of hydrogen-bond acceptors (Lipinski definition) is 4. The van der Waals surface area contributed by atoms with Crippen LogP contribution in [0.2, 0.25) is 0 Å². The molecular weight excluding hydrogens is 262 g/mol. The molecule has 0 aromatic heterocycles. The molecule has 0 spiro atoms. The Labute approximate surface area is 115 Å². The molecular formula is C14H19NO3S. The van der Waals surface area contributed by atoms with Gasteiger partial charge in [0.1, 0.15) is 13.2 Å². The Morgan fingerprint density at radius 1 is 1.21 bits per heavy atom. The van der Waals surface area contributed by atoms with E-state index in [0.717, 1.165) is 48.0 Å². The Morgan fingerprint density at radius 2 is 2.00 bits per heavy atom. The van der Waals surface area contributed by atoms with Crippen molar-refractivity contribution in [3.63, 3.8) is 0 Å². The molecule has 2 heterocycles. The van der Waals surface area contributed by atoms with Crippen LogP contribution in [-0.4, -0.2) is 35.0 Å². The third kappa shape index (κ3) is 3.09. The van der Waals surface area contributed by atoms with E-state index in [1.807, 2.05) is 12.1 Å². The maximum Gasteiger partial charge on any atom is 0.165 e. The summed E-state index contributed by atoms with van der Waals surface area (Å²) in [5, 5.41) is 3.54. The number of rotatable bonds is 3. The minimum atomic E-state index is -0.596. The van der Waals surface area contributed by atoms with Gasteiger partial charge in [0.25, 0.3) is 0 Å². The van der Waals surface area contributed by atoms with E-state index < -0.39 is 10.8 Å². The van der Waals surface area contributed by atoms with Crippen LogP contribution in [0, 0.1) is 0 Å². The van der Waals surface area contributed by atoms with E-state index in [1.54, 1.807) is 0 Å². The molecule has 2 aliphatic heterocycles. The molecule has 0 radical (unpaired) electrons. The van der Waals surface area contributed by atoms with Gasteiger partial charge in [-0.05, 0) is 18.9 Å². The van der Waals surface area contributed by atoms with Crippen LogP contribution in [0.3, 0.4) is 0 Å². The van der Waals surface area contributed by atoms with Gasteiger partial charge in [0, 0.05) is 40.5 Å². The van der Waals surface area contributed by atoms with E-state index >= 15 is 0 Å². The van der Waals surface area contributed by atoms with E-state index in [2.05, 4.69) is 11.4 Å². The monoisotopic (exact) mass is 281 g/mol. The fourth-order valence-electron chi connectivity index (χ4n) is 2.53. The number of ether oxygens (including phenoxy) is 2. The highest BCUT2D eigenvalue weighted by molar-refractivity contribution is 7.85. The number of fused-ring (bicyclic) bond motifs is 1. The van der Waals surface area contributed by atoms with Crippen molar-refractivity contribution in [1.29, 1.82) is 0 Å². The van der Waals surface area contributed by atoms with Crippen molar-refractivity contribution < 1.29 is 13.7 Å². The van der Waals surface area contributed by atoms with Gasteiger partial charge in [-0.15, -0.1) is 0 Å². The molecule has 1 N–H and O–H groups in total. The van der Waals surface area contributed by atoms with Crippen molar-refractivity contribution in [2.75, 3.05) is 24.7 Å². The van der Waals surface area contributed by atoms with Crippen LogP contribution < -0.4 is 14.8 Å². The van der Waals surface area contributed by atoms with Crippen LogP contribution in [-0.2, 0) is 17.3 Å². The summed E-state index contributed by atoms with van der Waals surface area (Å²) in [5.41, 5.74) is 1.14. The standard InChI is InChI=1S/C14H19NO3S/c16-19-8-4-12(5-9-19)15-10-11-2-1-3-13-14(11)18-7-6-17-13/h1-3,12,15H,4-10H2. The minimum Gasteiger partial charge on any atom is -0.486 e. The molecule has 19 heavy (non-hydrogen) atoms. The molecule has 5 heteroatoms. The Balaban J connectivity index is 1.62. The van der Waals surface area contributed by atoms with Crippen molar-refractivity contribution in [1.82, 2.24) is 5.32 Å². The molecule has 0 atom stereocenters. The molecule has 1 aromatic rings. The highest BCUT2D eigenvalue weighted by atomic mass is 32.2. The highest BCUT2D eigenvalue weighted by Crippen LogP contribution is 2.33. The average molecular weight is 281 g/mol. The molecule has 104 valence electrons. The second-order valence-corrected chi connectivity index (χ2v) is 6.64. The van der Waals surface area contributed by atoms with Gasteiger partial charge in [-0.25, -0.2) is 0 Å². The number of hydrogen-bond donors (Lipinski definition) is 1. The van der Waals surface area contributed by atoms with Crippen LogP contribution in [0.5, 0.6) is 11.5 Å². The van der Waals surface area contributed by atoms with Crippen LogP contribution in [0.25, 0.3) is 0 Å². The topological polar surface area (TPSA) is 47.6 Å². The largest absolute Gasteiger partial charge is 0.486 e. The molecule has 3 rings (SSSR count). The summed E-state index contributed by atoms with van der Waals surface area (Å²) in [6.07, 6.45) is 2.00. The van der Waals surface area contributed by atoms with Crippen molar-refractivity contribution in [3.8, 4) is 11.5 Å². The Morgan fingerprint density at radius 3 is 2.84 bits per heavy atom. The first-order chi connectivity index (χ1) is 9.33. The molecule has 0 unspecified atom stereocenters. The van der Waals surface area contributed by atoms with Gasteiger partial charge in [-0.3, -0.25) is 4.21 Å². The molecule has 0 saturated carbocycles. The summed E-state index contributed by atoms with van der Waals surface area (Å²) in [6, 6.07) is 6.49. The lowest BCUT2D eigenvalue weighted by Gasteiger charge is -2.25. The lowest BCUT2D eigenvalue weighted by atomic mass is 10.1. The van der Waals surface area contributed by atoms with Gasteiger partial charge >= 0.3 is 0 Å². The molecule has 2 aliphatic rings. The van der Waals surface area contributed by atoms with Gasteiger partial charge in [-0.2, -0.15) is 0 Å². The highest BCUT2D eigenvalue weighted by Gasteiger charge is 2.19. The maximum atomic E-state index is 11.3. The second-order valence-electron chi connectivity index (χ2n) is 4.94. The Bertz CT molecular complexity index is 468. The third-order valence-corrected chi connectivity index (χ3v) is 5.00. The molecule has 4 nitrogen and oxygen atoms in total. The second kappa shape index (κ2) is 5.92. The zero-order valence-electron chi connectivity index (χ0n) is 10.9. The van der Waals surface area contributed by atoms with Crippen molar-refractivity contribution >= 4 is 10.8 Å². The Kier molecular flexibility index (Phi) is 4.03. The Hall–Kier alpha value is -1.07. The lowest BCUT2D eigenvalue weighted by Crippen LogP contribution is -2.35. The number of para-hydroxylation sites is 1. The van der Waals surface area contributed by atoms with E-state index in [1.165, 1.54) is 0 Å². The summed E-state index contributed by atoms with van der Waals surface area (Å²) < 4.78 is 22.6. The van der Waals surface area contributed by atoms with Gasteiger partial charge in [0.05, 0.1) is 0 Å². The smallest absolute Gasteiger partial charge is 0.165 e. The van der Waals surface area contributed by atoms with Gasteiger partial charge < -0.3 is 14.8 Å². The van der Waals surface area contributed by atoms with E-state index in [9.17, 15) is 4.21 Å². The SMILES string of the molecule is O=S1CCC(NCc2cccc3c2OCCO3)CC1. The van der Waals surface area contributed by atoms with Crippen molar-refractivity contribution in [3.05, 3.63) is 23.8 Å². The minimum absolute atomic E-state index is 0.470. The first kappa shape index (κ1) is 12.9. The van der Waals surface area contributed by atoms with Gasteiger partial charge in [0.2, 0.25) is 0 Å². The van der Waals surface area contributed by atoms with Gasteiger partial charge in [-0.1, -0.05) is 12.1 Å². The normalized spacial score (nSPS) is 26.1. The fraction of sp³-hybridized carbons (Fsp3) is 0.571. The first-order valence-corrected chi connectivity index (χ1v) is 8.27. The first-order valence-electron chi connectivity index (χ1n) is 6.79. The zero-order chi connectivity index (χ0) is 13.1. The maximum absolute atomic E-state index is 11.3. The zero-order valence-corrected chi connectivity index (χ0v) is 11.7. The molecule has 1 fully saturated rings. The van der Waals surface area contributed by atoms with Crippen molar-refractivity contribution in [2.45, 2.75) is 25.4 Å². The van der Waals surface area contributed by atoms with E-state index in [4.69, 9.17) is 9.47 Å². The summed E-state index contributed by atoms with van der Waals surface area (Å²) in [4.78, 5) is 0. The summed E-state index contributed by atoms with van der Waals surface area (Å²) in [7, 11) is -0.596. The summed E-state index contributed by atoms with van der Waals surface area (Å²) in [6.45, 7) is 2.02. The van der Waals surface area contributed by atoms with Crippen LogP contribution >= 0.6 is 0 Å². The molecule has 0 bridgehead atoms. The molecule has 0 amide bonds. The fourth-order valence-corrected chi connectivity index (χ4v) is 3.82. The predicted molar refractivity (Wildman–Crippen MR) is 75.2 cm³/mol. The van der Waals surface area contributed by atoms with Crippen LogP contribution in [0.15, 0.2) is 18.2 Å². The summed E-state index contributed by atoms with van der Waals surface area (Å²) >= 11 is 0. The van der Waals surface area contributed by atoms with Crippen LogP contribution in [0.4, 0.5) is 0 Å². The predicted octanol–water partition coefficient (Wildman–Crippen LogP) is 1.46. The number of benzene rings is 1. The third-order valence-electron chi connectivity index (χ3n) is 3.62. The lowest BCUT2D eigenvalue weighted by molar-refractivity contribution is 0.169. The van der Waals surface area contributed by atoms with E-state index in [-0.39, 0.29) is 0 Å². The summed E-state index contributed by atoms with van der Waals surface area (Å²) in [5.74, 6) is 3.37. The van der Waals surface area contributed by atoms with Crippen molar-refractivity contribution in [2.24, 2.45) is 0 Å². The average Bonchev–Trinajstić information content (AvgIpc) is 2.47. The van der Waals surface area contributed by atoms with E-state index in [0.29, 0.717) is 19.3 Å². The molecule has 0 aliphatic carbocycles. The quantitative estimate of drug-likeness (QED) is 0.911. The van der Waals surface area contributed by atoms with Gasteiger partial charge in [0.15, 0.2) is 11.5 Å². The van der Waals surface area contributed by atoms with Crippen LogP contribution in [0.1, 0.15) is 18.4 Å².